The van der Waals surface area contributed by atoms with Crippen LogP contribution in [0.4, 0.5) is 5.69 Å². The predicted octanol–water partition coefficient (Wildman–Crippen LogP) is 0.812. The number of carboxylic acid groups (broad SMARTS) is 1. The quantitative estimate of drug-likeness (QED) is 0.354. The van der Waals surface area contributed by atoms with Gasteiger partial charge in [0, 0.05) is 12.1 Å². The average Bonchev–Trinajstić information content (AvgIpc) is 3.06. The Morgan fingerprint density at radius 3 is 2.23 bits per heavy atom. The van der Waals surface area contributed by atoms with Crippen molar-refractivity contribution >= 4 is 35.3 Å². The largest absolute Gasteiger partial charge is 0.480 e. The standard InChI is InChI=1S/C15H15N3O5.C9H19NO2/c16-9-3-1-2-8-12(9)15(23)18(13(8)21)10-4-5-11(20)17(6-7-19)14(10)22;1-5-10(6-2)8(7(3)4)9(11)12/h1-3,10,19H,4-7,16H2;7-8H,5-6H2,1-4H3,(H,11,12)/t;8-/m.0/s1. The van der Waals surface area contributed by atoms with Crippen LogP contribution in [0.3, 0.4) is 0 Å². The van der Waals surface area contributed by atoms with E-state index in [2.05, 4.69) is 0 Å². The topological polar surface area (TPSA) is 162 Å². The minimum atomic E-state index is -1.05. The van der Waals surface area contributed by atoms with Gasteiger partial charge in [-0.1, -0.05) is 33.8 Å². The van der Waals surface area contributed by atoms with Gasteiger partial charge in [-0.25, -0.2) is 0 Å². The van der Waals surface area contributed by atoms with Gasteiger partial charge in [0.1, 0.15) is 12.1 Å². The summed E-state index contributed by atoms with van der Waals surface area (Å²) >= 11 is 0. The highest BCUT2D eigenvalue weighted by molar-refractivity contribution is 6.25. The van der Waals surface area contributed by atoms with Crippen LogP contribution in [0.1, 0.15) is 61.3 Å². The van der Waals surface area contributed by atoms with Crippen molar-refractivity contribution in [1.82, 2.24) is 14.7 Å². The molecule has 2 heterocycles. The second-order valence-corrected chi connectivity index (χ2v) is 8.66. The van der Waals surface area contributed by atoms with Gasteiger partial charge >= 0.3 is 5.97 Å². The number of hydrogen-bond acceptors (Lipinski definition) is 8. The molecule has 1 aromatic carbocycles. The van der Waals surface area contributed by atoms with Crippen molar-refractivity contribution < 1.29 is 34.2 Å². The average molecular weight is 491 g/mol. The van der Waals surface area contributed by atoms with Crippen molar-refractivity contribution in [3.8, 4) is 0 Å². The van der Waals surface area contributed by atoms with Gasteiger partial charge in [0.05, 0.1) is 24.3 Å². The van der Waals surface area contributed by atoms with Crippen molar-refractivity contribution in [3.63, 3.8) is 0 Å². The fourth-order valence-electron chi connectivity index (χ4n) is 4.49. The number of nitrogens with zero attached hydrogens (tertiary/aromatic N) is 3. The van der Waals surface area contributed by atoms with Crippen molar-refractivity contribution in [2.45, 2.75) is 52.6 Å². The molecule has 0 spiro atoms. The summed E-state index contributed by atoms with van der Waals surface area (Å²) in [5.74, 6) is -2.83. The predicted molar refractivity (Wildman–Crippen MR) is 127 cm³/mol. The maximum Gasteiger partial charge on any atom is 0.321 e. The second-order valence-electron chi connectivity index (χ2n) is 8.66. The molecule has 4 amide bonds. The molecule has 0 bridgehead atoms. The number of fused-ring (bicyclic) bond motifs is 1. The zero-order valence-corrected chi connectivity index (χ0v) is 20.6. The van der Waals surface area contributed by atoms with Gasteiger partial charge in [0.2, 0.25) is 5.91 Å². The lowest BCUT2D eigenvalue weighted by Crippen LogP contribution is -2.56. The number of carboxylic acids is 1. The molecule has 0 radical (unpaired) electrons. The van der Waals surface area contributed by atoms with E-state index in [0.29, 0.717) is 0 Å². The summed E-state index contributed by atoms with van der Waals surface area (Å²) in [4.78, 5) is 63.9. The number of carbonyl (C=O) groups excluding carboxylic acids is 4. The molecule has 1 fully saturated rings. The van der Waals surface area contributed by atoms with Crippen molar-refractivity contribution in [3.05, 3.63) is 29.3 Å². The molecular weight excluding hydrogens is 456 g/mol. The zero-order chi connectivity index (χ0) is 26.4. The van der Waals surface area contributed by atoms with Crippen molar-refractivity contribution in [2.75, 3.05) is 32.0 Å². The first kappa shape index (κ1) is 27.9. The van der Waals surface area contributed by atoms with Gasteiger partial charge in [-0.15, -0.1) is 0 Å². The first-order chi connectivity index (χ1) is 16.5. The highest BCUT2D eigenvalue weighted by atomic mass is 16.4. The number of piperidine rings is 1. The van der Waals surface area contributed by atoms with E-state index in [0.717, 1.165) is 22.9 Å². The highest BCUT2D eigenvalue weighted by Gasteiger charge is 2.47. The van der Waals surface area contributed by atoms with Gasteiger partial charge < -0.3 is 15.9 Å². The number of nitrogen functional groups attached to an aromatic ring is 1. The van der Waals surface area contributed by atoms with Gasteiger partial charge in [-0.2, -0.15) is 0 Å². The van der Waals surface area contributed by atoms with Crippen LogP contribution < -0.4 is 5.73 Å². The number of rotatable bonds is 8. The fourth-order valence-corrected chi connectivity index (χ4v) is 4.49. The molecule has 1 unspecified atom stereocenters. The number of amides is 4. The van der Waals surface area contributed by atoms with Gasteiger partial charge in [0.25, 0.3) is 17.7 Å². The van der Waals surface area contributed by atoms with E-state index in [4.69, 9.17) is 15.9 Å². The first-order valence-corrected chi connectivity index (χ1v) is 11.7. The Morgan fingerprint density at radius 1 is 1.14 bits per heavy atom. The number of imide groups is 2. The number of hydrogen-bond donors (Lipinski definition) is 3. The molecular formula is C24H34N4O7. The Hall–Kier alpha value is -3.31. The number of benzene rings is 1. The van der Waals surface area contributed by atoms with Crippen molar-refractivity contribution in [1.29, 1.82) is 0 Å². The van der Waals surface area contributed by atoms with Crippen LogP contribution in [-0.2, 0) is 14.4 Å². The fraction of sp³-hybridized carbons (Fsp3) is 0.542. The van der Waals surface area contributed by atoms with E-state index in [1.165, 1.54) is 12.1 Å². The molecule has 0 saturated carbocycles. The molecule has 0 aliphatic carbocycles. The summed E-state index contributed by atoms with van der Waals surface area (Å²) in [5, 5.41) is 17.9. The van der Waals surface area contributed by atoms with Crippen LogP contribution in [0.2, 0.25) is 0 Å². The number of likely N-dealkylation sites (tertiary alicyclic amines) is 1. The SMILES string of the molecule is CCN(CC)[C@H](C(=O)O)C(C)C.Nc1cccc2c1C(=O)N(C1CCC(=O)N(CCO)C1=O)C2=O. The van der Waals surface area contributed by atoms with Crippen LogP contribution in [0.15, 0.2) is 18.2 Å². The third kappa shape index (κ3) is 5.68. The Bertz CT molecular complexity index is 990. The third-order valence-corrected chi connectivity index (χ3v) is 6.19. The molecule has 2 aliphatic heterocycles. The number of aliphatic hydroxyl groups excluding tert-OH is 1. The number of aliphatic carboxylic acids is 1. The van der Waals surface area contributed by atoms with Gasteiger partial charge in [-0.3, -0.25) is 38.7 Å². The summed E-state index contributed by atoms with van der Waals surface area (Å²) in [6.45, 7) is 8.92. The van der Waals surface area contributed by atoms with Crippen LogP contribution in [0.5, 0.6) is 0 Å². The Balaban J connectivity index is 0.000000307. The molecule has 1 saturated heterocycles. The zero-order valence-electron chi connectivity index (χ0n) is 20.6. The Morgan fingerprint density at radius 2 is 1.77 bits per heavy atom. The van der Waals surface area contributed by atoms with E-state index >= 15 is 0 Å². The summed E-state index contributed by atoms with van der Waals surface area (Å²) < 4.78 is 0. The lowest BCUT2D eigenvalue weighted by molar-refractivity contribution is -0.152. The van der Waals surface area contributed by atoms with Gasteiger partial charge in [-0.05, 0) is 37.6 Å². The Labute approximate surface area is 204 Å². The normalized spacial score (nSPS) is 18.7. The van der Waals surface area contributed by atoms with Crippen LogP contribution >= 0.6 is 0 Å². The number of aliphatic hydroxyl groups is 1. The third-order valence-electron chi connectivity index (χ3n) is 6.19. The summed E-state index contributed by atoms with van der Waals surface area (Å²) in [7, 11) is 0. The second kappa shape index (κ2) is 11.9. The molecule has 11 nitrogen and oxygen atoms in total. The monoisotopic (exact) mass is 490 g/mol. The molecule has 3 rings (SSSR count). The van der Waals surface area contributed by atoms with Crippen LogP contribution in [0, 0.1) is 5.92 Å². The number of nitrogens with two attached hydrogens (primary N) is 1. The highest BCUT2D eigenvalue weighted by Crippen LogP contribution is 2.31. The minimum absolute atomic E-state index is 0.0271. The number of likely N-dealkylation sites (N-methyl/N-ethyl adjacent to an activating group) is 1. The summed E-state index contributed by atoms with van der Waals surface area (Å²) in [6, 6.07) is 3.17. The number of carbonyl (C=O) groups is 5. The molecule has 0 aromatic heterocycles. The molecule has 2 atom stereocenters. The van der Waals surface area contributed by atoms with Crippen molar-refractivity contribution in [2.24, 2.45) is 5.92 Å². The lowest BCUT2D eigenvalue weighted by Gasteiger charge is -2.34. The van der Waals surface area contributed by atoms with Crippen LogP contribution in [0.25, 0.3) is 0 Å². The molecule has 4 N–H and O–H groups in total. The van der Waals surface area contributed by atoms with E-state index in [-0.39, 0.29) is 54.8 Å². The van der Waals surface area contributed by atoms with E-state index in [1.54, 1.807) is 6.07 Å². The van der Waals surface area contributed by atoms with Gasteiger partial charge in [0.15, 0.2) is 0 Å². The maximum atomic E-state index is 12.5. The minimum Gasteiger partial charge on any atom is -0.480 e. The smallest absolute Gasteiger partial charge is 0.321 e. The molecule has 1 aromatic rings. The molecule has 35 heavy (non-hydrogen) atoms. The van der Waals surface area contributed by atoms with E-state index in [1.807, 2.05) is 32.6 Å². The summed E-state index contributed by atoms with van der Waals surface area (Å²) in [5.41, 5.74) is 6.20. The molecule has 192 valence electrons. The lowest BCUT2D eigenvalue weighted by atomic mass is 10.0. The van der Waals surface area contributed by atoms with E-state index < -0.39 is 35.6 Å². The Kier molecular flexibility index (Phi) is 9.49. The summed E-state index contributed by atoms with van der Waals surface area (Å²) in [6.07, 6.45) is 0.101. The first-order valence-electron chi connectivity index (χ1n) is 11.7. The molecule has 2 aliphatic rings. The number of anilines is 1. The number of β-amino-alcohol motifs (C(OH)–C–C–N with tert-alkyl or cyclic N) is 1. The maximum absolute atomic E-state index is 12.5. The van der Waals surface area contributed by atoms with E-state index in [9.17, 15) is 24.0 Å². The van der Waals surface area contributed by atoms with Crippen LogP contribution in [-0.4, -0.2) is 92.8 Å². The molecule has 11 heteroatoms.